The number of fused-ring (bicyclic) bond motifs is 2. The van der Waals surface area contributed by atoms with E-state index < -0.39 is 47.0 Å². The van der Waals surface area contributed by atoms with Crippen molar-refractivity contribution >= 4 is 67.2 Å². The smallest absolute Gasteiger partial charge is 0.311 e. The molecule has 2 aliphatic rings. The molecule has 2 saturated heterocycles. The van der Waals surface area contributed by atoms with Crippen LogP contribution in [0.4, 0.5) is 11.9 Å². The third-order valence-electron chi connectivity index (χ3n) is 7.57. The molecule has 0 amide bonds. The number of aromatic nitrogens is 6. The van der Waals surface area contributed by atoms with Crippen molar-refractivity contribution in [1.29, 1.82) is 0 Å². The van der Waals surface area contributed by atoms with Crippen LogP contribution >= 0.6 is 22.7 Å². The first-order chi connectivity index (χ1) is 22.8. The number of H-pyrrole nitrogens is 1. The number of hydrogen-bond acceptors (Lipinski definition) is 17. The molecule has 0 radical (unpaired) electrons. The maximum Gasteiger partial charge on any atom is 0.311 e. The first kappa shape index (κ1) is 34.9. The monoisotopic (exact) mass is 708 g/mol. The molecule has 0 aromatic carbocycles. The predicted octanol–water partition coefficient (Wildman–Crippen LogP) is 1.82. The van der Waals surface area contributed by atoms with Crippen LogP contribution < -0.4 is 31.5 Å². The minimum atomic E-state index is -0.821. The number of hydrogen-bond donors (Lipinski definition) is 3. The highest BCUT2D eigenvalue weighted by molar-refractivity contribution is 7.16. The van der Waals surface area contributed by atoms with Crippen molar-refractivity contribution in [3.63, 3.8) is 0 Å². The second kappa shape index (κ2) is 14.4. The van der Waals surface area contributed by atoms with Crippen molar-refractivity contribution in [2.45, 2.75) is 97.2 Å². The number of carbonyl (C=O) groups excluding carboxylic acids is 2. The summed E-state index contributed by atoms with van der Waals surface area (Å²) in [6.07, 6.45) is -0.565. The maximum absolute atomic E-state index is 12.6. The molecule has 5 N–H and O–H groups in total. The van der Waals surface area contributed by atoms with Gasteiger partial charge in [0.15, 0.2) is 23.8 Å². The molecule has 0 spiro atoms. The van der Waals surface area contributed by atoms with Gasteiger partial charge in [0.2, 0.25) is 17.8 Å². The fourth-order valence-electron chi connectivity index (χ4n) is 5.59. The van der Waals surface area contributed by atoms with Crippen molar-refractivity contribution in [1.82, 2.24) is 29.1 Å². The van der Waals surface area contributed by atoms with Gasteiger partial charge in [-0.3, -0.25) is 38.1 Å². The zero-order valence-electron chi connectivity index (χ0n) is 26.8. The van der Waals surface area contributed by atoms with E-state index in [1.807, 2.05) is 20.8 Å². The zero-order chi connectivity index (χ0) is 34.9. The Morgan fingerprint density at radius 3 is 1.81 bits per heavy atom. The van der Waals surface area contributed by atoms with Gasteiger partial charge in [0, 0.05) is 26.7 Å². The fourth-order valence-corrected chi connectivity index (χ4v) is 7.32. The van der Waals surface area contributed by atoms with E-state index in [0.29, 0.717) is 36.2 Å². The quantitative estimate of drug-likeness (QED) is 0.221. The van der Waals surface area contributed by atoms with E-state index in [1.165, 1.54) is 23.0 Å². The Morgan fingerprint density at radius 2 is 1.33 bits per heavy atom. The number of thiazole rings is 2. The molecule has 6 rings (SSSR count). The van der Waals surface area contributed by atoms with Crippen molar-refractivity contribution in [3.8, 4) is 5.88 Å². The van der Waals surface area contributed by atoms with E-state index in [4.69, 9.17) is 35.2 Å². The molecule has 0 bridgehead atoms. The number of esters is 2. The first-order valence-electron chi connectivity index (χ1n) is 15.2. The normalized spacial score (nSPS) is 23.6. The van der Waals surface area contributed by atoms with E-state index in [-0.39, 0.29) is 45.2 Å². The van der Waals surface area contributed by atoms with E-state index in [1.54, 1.807) is 0 Å². The van der Waals surface area contributed by atoms with Crippen LogP contribution in [-0.4, -0.2) is 72.0 Å². The zero-order valence-corrected chi connectivity index (χ0v) is 28.4. The number of aromatic amines is 1. The predicted molar refractivity (Wildman–Crippen MR) is 175 cm³/mol. The summed E-state index contributed by atoms with van der Waals surface area (Å²) >= 11 is 1.71. The van der Waals surface area contributed by atoms with Crippen LogP contribution in [-0.2, 0) is 28.5 Å². The minimum absolute atomic E-state index is 0.00317. The van der Waals surface area contributed by atoms with Crippen molar-refractivity contribution in [2.24, 2.45) is 0 Å². The highest BCUT2D eigenvalue weighted by Crippen LogP contribution is 2.37. The van der Waals surface area contributed by atoms with Crippen LogP contribution in [0.3, 0.4) is 0 Å². The van der Waals surface area contributed by atoms with Crippen LogP contribution in [0.5, 0.6) is 5.88 Å². The van der Waals surface area contributed by atoms with Gasteiger partial charge in [-0.25, -0.2) is 0 Å². The fraction of sp³-hybridized carbons (Fsp3) is 0.571. The number of anilines is 2. The van der Waals surface area contributed by atoms with E-state index in [0.717, 1.165) is 29.1 Å². The van der Waals surface area contributed by atoms with Crippen molar-refractivity contribution < 1.29 is 33.3 Å². The molecule has 0 saturated carbocycles. The Kier molecular flexibility index (Phi) is 10.5. The Morgan fingerprint density at radius 1 is 0.833 bits per heavy atom. The Hall–Kier alpha value is -4.40. The molecule has 4 aromatic heterocycles. The van der Waals surface area contributed by atoms with Crippen molar-refractivity contribution in [3.05, 3.63) is 29.7 Å². The standard InChI is InChI=1S/C15H20N4O5S.C13H16N4O5S/c1-4-8-6-9(23-7(3)20)13(24-8)19-11-10(25-15(19)21)12(22-5-2)18-14(16)17-11;1-3-6-4-7(21-5(2)18)11(22-6)17-9-8(23-13(17)20)10(19)16-12(14)15-9/h8-9,13H,4-6H2,1-3H3,(H2,16,17,18);6-7,11H,3-4H2,1-2H3,(H3,14,15,16,19)/t8-,9-,13-;6-,7-,11-/m11/s1. The second-order valence-corrected chi connectivity index (χ2v) is 12.9. The van der Waals surface area contributed by atoms with Crippen molar-refractivity contribution in [2.75, 3.05) is 18.1 Å². The van der Waals surface area contributed by atoms with Crippen LogP contribution in [0.1, 0.15) is 72.8 Å². The van der Waals surface area contributed by atoms with Gasteiger partial charge >= 0.3 is 21.7 Å². The van der Waals surface area contributed by atoms with E-state index >= 15 is 0 Å². The SMILES string of the molecule is CCOc1nc(N)nc2c1sc(=O)n2[C@@H]1O[C@H](CC)C[C@H]1OC(C)=O.CC[C@@H]1C[C@@H](OC(C)=O)[C@H](n2c(=O)sc3c(=O)[nH]c(N)nc32)O1. The van der Waals surface area contributed by atoms with E-state index in [2.05, 4.69) is 19.9 Å². The number of rotatable bonds is 8. The van der Waals surface area contributed by atoms with Crippen LogP contribution in [0.15, 0.2) is 14.4 Å². The minimum Gasteiger partial charge on any atom is -0.477 e. The average Bonchev–Trinajstić information content (AvgIpc) is 3.76. The van der Waals surface area contributed by atoms with Crippen LogP contribution in [0, 0.1) is 0 Å². The van der Waals surface area contributed by atoms with Gasteiger partial charge in [-0.2, -0.15) is 15.0 Å². The molecular weight excluding hydrogens is 672 g/mol. The van der Waals surface area contributed by atoms with Crippen LogP contribution in [0.2, 0.25) is 0 Å². The Bertz CT molecular complexity index is 2000. The van der Waals surface area contributed by atoms with Gasteiger partial charge in [-0.1, -0.05) is 36.5 Å². The molecule has 18 nitrogen and oxygen atoms in total. The number of nitrogens with two attached hydrogens (primary N) is 2. The lowest BCUT2D eigenvalue weighted by Gasteiger charge is -2.19. The first-order valence-corrected chi connectivity index (χ1v) is 16.9. The van der Waals surface area contributed by atoms with Gasteiger partial charge in [0.25, 0.3) is 5.56 Å². The number of nitrogens with zero attached hydrogens (tertiary/aromatic N) is 5. The summed E-state index contributed by atoms with van der Waals surface area (Å²) in [5.41, 5.74) is 11.3. The highest BCUT2D eigenvalue weighted by atomic mass is 32.1. The number of carbonyl (C=O) groups is 2. The summed E-state index contributed by atoms with van der Waals surface area (Å²) in [4.78, 5) is 73.5. The van der Waals surface area contributed by atoms with Gasteiger partial charge in [0.1, 0.15) is 21.6 Å². The van der Waals surface area contributed by atoms with Gasteiger partial charge in [-0.15, -0.1) is 0 Å². The third kappa shape index (κ3) is 7.05. The van der Waals surface area contributed by atoms with Gasteiger partial charge in [-0.05, 0) is 19.8 Å². The van der Waals surface area contributed by atoms with Gasteiger partial charge < -0.3 is 35.2 Å². The molecule has 2 aliphatic heterocycles. The molecule has 0 aliphatic carbocycles. The lowest BCUT2D eigenvalue weighted by Crippen LogP contribution is -2.30. The molecule has 48 heavy (non-hydrogen) atoms. The van der Waals surface area contributed by atoms with E-state index in [9.17, 15) is 24.0 Å². The Balaban J connectivity index is 0.000000188. The molecule has 2 fully saturated rings. The molecule has 6 atom stereocenters. The molecule has 0 unspecified atom stereocenters. The summed E-state index contributed by atoms with van der Waals surface area (Å²) in [6, 6.07) is 0. The second-order valence-electron chi connectivity index (χ2n) is 10.9. The molecular formula is C28H36N8O10S2. The molecule has 6 heterocycles. The summed E-state index contributed by atoms with van der Waals surface area (Å²) in [5, 5.41) is 0. The number of nitrogens with one attached hydrogen (secondary N) is 1. The summed E-state index contributed by atoms with van der Waals surface area (Å²) in [7, 11) is 0. The molecule has 20 heteroatoms. The molecule has 260 valence electrons. The topological polar surface area (TPSA) is 248 Å². The molecule has 4 aromatic rings. The number of nitrogen functional groups attached to an aromatic ring is 2. The Labute approximate surface area is 279 Å². The summed E-state index contributed by atoms with van der Waals surface area (Å²) in [6.45, 7) is 8.73. The highest BCUT2D eigenvalue weighted by Gasteiger charge is 2.41. The maximum atomic E-state index is 12.6. The summed E-state index contributed by atoms with van der Waals surface area (Å²) in [5.74, 6) is -0.718. The van der Waals surface area contributed by atoms with Gasteiger partial charge in [0.05, 0.1) is 18.8 Å². The average molecular weight is 709 g/mol. The lowest BCUT2D eigenvalue weighted by atomic mass is 10.1. The third-order valence-corrected chi connectivity index (χ3v) is 9.44. The summed E-state index contributed by atoms with van der Waals surface area (Å²) < 4.78 is 31.2. The number of ether oxygens (including phenoxy) is 5. The largest absolute Gasteiger partial charge is 0.477 e. The lowest BCUT2D eigenvalue weighted by molar-refractivity contribution is -0.153. The van der Waals surface area contributed by atoms with Crippen LogP contribution in [0.25, 0.3) is 20.7 Å².